The molecular weight excluding hydrogens is 370 g/mol. The van der Waals surface area contributed by atoms with Crippen LogP contribution in [0.3, 0.4) is 0 Å². The fraction of sp³-hybridized carbons (Fsp3) is 0.333. The number of aromatic nitrogens is 3. The first-order chi connectivity index (χ1) is 13.8. The van der Waals surface area contributed by atoms with Gasteiger partial charge in [0.25, 0.3) is 0 Å². The van der Waals surface area contributed by atoms with E-state index in [1.807, 2.05) is 36.4 Å². The van der Waals surface area contributed by atoms with Crippen molar-refractivity contribution in [3.8, 4) is 11.4 Å². The number of piperazine rings is 1. The quantitative estimate of drug-likeness (QED) is 0.600. The van der Waals surface area contributed by atoms with Gasteiger partial charge in [-0.15, -0.1) is 5.10 Å². The van der Waals surface area contributed by atoms with E-state index < -0.39 is 6.10 Å². The van der Waals surface area contributed by atoms with Gasteiger partial charge in [0.1, 0.15) is 0 Å². The highest BCUT2D eigenvalue weighted by Crippen LogP contribution is 2.20. The molecule has 2 heterocycles. The molecule has 0 radical (unpaired) electrons. The fourth-order valence-corrected chi connectivity index (χ4v) is 4.10. The molecule has 0 spiro atoms. The lowest BCUT2D eigenvalue weighted by atomic mass is 10.2. The Bertz CT molecular complexity index is 850. The molecule has 0 unspecified atom stereocenters. The summed E-state index contributed by atoms with van der Waals surface area (Å²) in [5, 5.41) is 18.3. The minimum absolute atomic E-state index is 0.396. The van der Waals surface area contributed by atoms with E-state index in [1.165, 1.54) is 17.4 Å². The number of nitrogens with one attached hydrogen (secondary N) is 1. The average molecular weight is 396 g/mol. The van der Waals surface area contributed by atoms with Crippen LogP contribution >= 0.6 is 11.8 Å². The minimum atomic E-state index is -0.396. The summed E-state index contributed by atoms with van der Waals surface area (Å²) in [5.41, 5.74) is 2.29. The number of aliphatic hydroxyl groups is 1. The maximum Gasteiger partial charge on any atom is 0.208 e. The number of aromatic amines is 1. The second-order valence-corrected chi connectivity index (χ2v) is 7.91. The summed E-state index contributed by atoms with van der Waals surface area (Å²) in [6.45, 7) is 4.60. The van der Waals surface area contributed by atoms with Crippen LogP contribution in [0.1, 0.15) is 0 Å². The molecule has 3 aromatic rings. The molecule has 2 aromatic carbocycles. The summed E-state index contributed by atoms with van der Waals surface area (Å²) in [7, 11) is 0. The van der Waals surface area contributed by atoms with Crippen LogP contribution < -0.4 is 4.90 Å². The Balaban J connectivity index is 1.21. The first kappa shape index (κ1) is 19.0. The Labute approximate surface area is 169 Å². The highest BCUT2D eigenvalue weighted by molar-refractivity contribution is 7.99. The Morgan fingerprint density at radius 1 is 0.964 bits per heavy atom. The normalized spacial score (nSPS) is 16.2. The molecule has 7 heteroatoms. The third-order valence-corrected chi connectivity index (χ3v) is 5.87. The zero-order valence-electron chi connectivity index (χ0n) is 15.7. The number of H-pyrrole nitrogens is 1. The third-order valence-electron chi connectivity index (χ3n) is 4.88. The van der Waals surface area contributed by atoms with Crippen LogP contribution in [0, 0.1) is 0 Å². The highest BCUT2D eigenvalue weighted by atomic mass is 32.2. The summed E-state index contributed by atoms with van der Waals surface area (Å²) in [6, 6.07) is 20.4. The van der Waals surface area contributed by atoms with E-state index in [0.29, 0.717) is 17.5 Å². The van der Waals surface area contributed by atoms with Crippen LogP contribution in [0.25, 0.3) is 11.4 Å². The van der Waals surface area contributed by atoms with Gasteiger partial charge in [0.05, 0.1) is 6.10 Å². The molecular formula is C21H25N5OS. The Hall–Kier alpha value is -2.35. The van der Waals surface area contributed by atoms with Crippen molar-refractivity contribution < 1.29 is 5.11 Å². The lowest BCUT2D eigenvalue weighted by molar-refractivity contribution is 0.126. The molecule has 1 fully saturated rings. The van der Waals surface area contributed by atoms with Gasteiger partial charge in [-0.05, 0) is 12.1 Å². The second kappa shape index (κ2) is 9.23. The third kappa shape index (κ3) is 4.92. The van der Waals surface area contributed by atoms with Gasteiger partial charge in [0.15, 0.2) is 5.82 Å². The number of hydrogen-bond donors (Lipinski definition) is 2. The van der Waals surface area contributed by atoms with Crippen molar-refractivity contribution in [2.75, 3.05) is 43.4 Å². The number of anilines is 1. The number of para-hydroxylation sites is 1. The largest absolute Gasteiger partial charge is 0.391 e. The number of thioether (sulfide) groups is 1. The lowest BCUT2D eigenvalue weighted by Gasteiger charge is -2.36. The molecule has 6 nitrogen and oxygen atoms in total. The maximum absolute atomic E-state index is 10.4. The summed E-state index contributed by atoms with van der Waals surface area (Å²) in [4.78, 5) is 9.24. The van der Waals surface area contributed by atoms with E-state index in [1.54, 1.807) is 0 Å². The second-order valence-electron chi connectivity index (χ2n) is 6.92. The molecule has 2 N–H and O–H groups in total. The number of rotatable bonds is 7. The number of benzene rings is 2. The molecule has 0 amide bonds. The molecule has 0 saturated carbocycles. The van der Waals surface area contributed by atoms with E-state index in [0.717, 1.165) is 37.6 Å². The topological polar surface area (TPSA) is 68.3 Å². The van der Waals surface area contributed by atoms with Crippen LogP contribution in [0.15, 0.2) is 65.8 Å². The molecule has 1 aliphatic rings. The van der Waals surface area contributed by atoms with Crippen molar-refractivity contribution >= 4 is 17.4 Å². The number of β-amino-alcohol motifs (C(OH)–C–C–N with tert-alkyl or cyclic N) is 1. The van der Waals surface area contributed by atoms with Gasteiger partial charge in [-0.3, -0.25) is 10.00 Å². The van der Waals surface area contributed by atoms with Crippen molar-refractivity contribution in [1.82, 2.24) is 20.1 Å². The summed E-state index contributed by atoms with van der Waals surface area (Å²) < 4.78 is 0. The van der Waals surface area contributed by atoms with E-state index >= 15 is 0 Å². The summed E-state index contributed by atoms with van der Waals surface area (Å²) in [6.07, 6.45) is -0.396. The molecule has 4 rings (SSSR count). The number of hydrogen-bond acceptors (Lipinski definition) is 6. The Morgan fingerprint density at radius 2 is 1.64 bits per heavy atom. The maximum atomic E-state index is 10.4. The van der Waals surface area contributed by atoms with Crippen LogP contribution in [-0.4, -0.2) is 69.8 Å². The zero-order valence-corrected chi connectivity index (χ0v) is 16.6. The van der Waals surface area contributed by atoms with Gasteiger partial charge in [0.2, 0.25) is 5.16 Å². The molecule has 146 valence electrons. The smallest absolute Gasteiger partial charge is 0.208 e. The molecule has 1 atom stereocenters. The Morgan fingerprint density at radius 3 is 2.36 bits per heavy atom. The zero-order chi connectivity index (χ0) is 19.2. The van der Waals surface area contributed by atoms with Gasteiger partial charge >= 0.3 is 0 Å². The predicted molar refractivity (Wildman–Crippen MR) is 114 cm³/mol. The van der Waals surface area contributed by atoms with Crippen molar-refractivity contribution in [3.05, 3.63) is 60.7 Å². The van der Waals surface area contributed by atoms with Crippen LogP contribution in [0.5, 0.6) is 0 Å². The van der Waals surface area contributed by atoms with Gasteiger partial charge in [-0.1, -0.05) is 60.3 Å². The average Bonchev–Trinajstić information content (AvgIpc) is 3.23. The van der Waals surface area contributed by atoms with E-state index in [-0.39, 0.29) is 0 Å². The standard InChI is InChI=1S/C21H25N5OS/c27-19(15-25-11-13-26(14-12-25)18-9-5-2-6-10-18)16-28-21-22-20(23-24-21)17-7-3-1-4-8-17/h1-10,19,27H,11-16H2,(H,22,23,24)/t19-/m0/s1. The fourth-order valence-electron chi connectivity index (χ4n) is 3.39. The monoisotopic (exact) mass is 395 g/mol. The van der Waals surface area contributed by atoms with Crippen molar-refractivity contribution in [1.29, 1.82) is 0 Å². The molecule has 0 aliphatic carbocycles. The Kier molecular flexibility index (Phi) is 6.26. The van der Waals surface area contributed by atoms with E-state index in [4.69, 9.17) is 0 Å². The first-order valence-electron chi connectivity index (χ1n) is 9.59. The van der Waals surface area contributed by atoms with Crippen molar-refractivity contribution in [2.45, 2.75) is 11.3 Å². The predicted octanol–water partition coefficient (Wildman–Crippen LogP) is 2.75. The molecule has 1 saturated heterocycles. The van der Waals surface area contributed by atoms with Crippen LogP contribution in [0.2, 0.25) is 0 Å². The lowest BCUT2D eigenvalue weighted by Crippen LogP contribution is -2.48. The summed E-state index contributed by atoms with van der Waals surface area (Å²) in [5.74, 6) is 1.35. The van der Waals surface area contributed by atoms with Gasteiger partial charge < -0.3 is 10.0 Å². The molecule has 0 bridgehead atoms. The van der Waals surface area contributed by atoms with Crippen LogP contribution in [-0.2, 0) is 0 Å². The molecule has 28 heavy (non-hydrogen) atoms. The van der Waals surface area contributed by atoms with Crippen LogP contribution in [0.4, 0.5) is 5.69 Å². The SMILES string of the molecule is O[C@H](CSc1n[nH]c(-c2ccccc2)n1)CN1CCN(c2ccccc2)CC1. The summed E-state index contributed by atoms with van der Waals surface area (Å²) >= 11 is 1.49. The van der Waals surface area contributed by atoms with Gasteiger partial charge in [-0.2, -0.15) is 0 Å². The van der Waals surface area contributed by atoms with E-state index in [2.05, 4.69) is 49.2 Å². The first-order valence-corrected chi connectivity index (χ1v) is 10.6. The van der Waals surface area contributed by atoms with Gasteiger partial charge in [0, 0.05) is 49.7 Å². The number of aliphatic hydroxyl groups excluding tert-OH is 1. The minimum Gasteiger partial charge on any atom is -0.391 e. The van der Waals surface area contributed by atoms with Gasteiger partial charge in [-0.25, -0.2) is 4.98 Å². The number of nitrogens with zero attached hydrogens (tertiary/aromatic N) is 4. The molecule has 1 aromatic heterocycles. The molecule has 1 aliphatic heterocycles. The van der Waals surface area contributed by atoms with Crippen molar-refractivity contribution in [3.63, 3.8) is 0 Å². The van der Waals surface area contributed by atoms with E-state index in [9.17, 15) is 5.11 Å². The van der Waals surface area contributed by atoms with Crippen molar-refractivity contribution in [2.24, 2.45) is 0 Å². The highest BCUT2D eigenvalue weighted by Gasteiger charge is 2.20.